The van der Waals surface area contributed by atoms with Crippen molar-refractivity contribution in [2.75, 3.05) is 19.6 Å². The third-order valence-electron chi connectivity index (χ3n) is 5.86. The maximum atomic E-state index is 3.18. The molecule has 0 aliphatic heterocycles. The molecule has 0 aromatic rings. The Labute approximate surface area is 196 Å². The summed E-state index contributed by atoms with van der Waals surface area (Å²) in [5, 5.41) is 0. The third kappa shape index (κ3) is 24.8. The maximum Gasteiger partial charge on any atom is 0.00885 e. The minimum absolute atomic E-state index is 1.08. The smallest absolute Gasteiger partial charge is 0.00885 e. The highest BCUT2D eigenvalue weighted by Gasteiger charge is 2.05. The van der Waals surface area contributed by atoms with Gasteiger partial charge in [-0.25, -0.2) is 0 Å². The van der Waals surface area contributed by atoms with Crippen LogP contribution in [-0.2, 0) is 0 Å². The first kappa shape index (κ1) is 29.6. The number of unbranched alkanes of at least 4 members (excludes halogenated alkanes) is 15. The predicted molar refractivity (Wildman–Crippen MR) is 140 cm³/mol. The highest BCUT2D eigenvalue weighted by Crippen LogP contribution is 2.11. The number of hydrogen-bond donors (Lipinski definition) is 0. The summed E-state index contributed by atoms with van der Waals surface area (Å²) in [5.41, 5.74) is 0. The van der Waals surface area contributed by atoms with Crippen molar-refractivity contribution >= 4 is 0 Å². The second kappa shape index (κ2) is 26.7. The molecular weight excluding hydrogens is 374 g/mol. The van der Waals surface area contributed by atoms with E-state index >= 15 is 0 Å². The molecule has 0 unspecified atom stereocenters. The molecule has 176 valence electrons. The molecule has 31 heavy (non-hydrogen) atoms. The third-order valence-corrected chi connectivity index (χ3v) is 5.86. The van der Waals surface area contributed by atoms with Gasteiger partial charge in [0.15, 0.2) is 0 Å². The first-order valence-corrected chi connectivity index (χ1v) is 13.3. The first-order chi connectivity index (χ1) is 15.3. The molecule has 0 N–H and O–H groups in total. The van der Waals surface area contributed by atoms with Crippen LogP contribution in [0, 0.1) is 35.5 Å². The van der Waals surface area contributed by atoms with Gasteiger partial charge in [0, 0.05) is 19.3 Å². The fourth-order valence-corrected chi connectivity index (χ4v) is 3.95. The number of hydrogen-bond acceptors (Lipinski definition) is 1. The van der Waals surface area contributed by atoms with Crippen molar-refractivity contribution in [3.8, 4) is 35.5 Å². The molecule has 0 atom stereocenters. The molecule has 0 spiro atoms. The zero-order chi connectivity index (χ0) is 22.7. The van der Waals surface area contributed by atoms with E-state index in [1.54, 1.807) is 0 Å². The Kier molecular flexibility index (Phi) is 25.5. The van der Waals surface area contributed by atoms with Gasteiger partial charge in [-0.05, 0) is 78.9 Å². The van der Waals surface area contributed by atoms with Crippen molar-refractivity contribution in [2.24, 2.45) is 0 Å². The molecular formula is C30H51N. The molecule has 0 radical (unpaired) electrons. The summed E-state index contributed by atoms with van der Waals surface area (Å²) in [5.74, 6) is 18.5. The quantitative estimate of drug-likeness (QED) is 0.132. The van der Waals surface area contributed by atoms with Gasteiger partial charge in [0.05, 0.1) is 0 Å². The molecule has 0 bridgehead atoms. The number of nitrogens with zero attached hydrogens (tertiary/aromatic N) is 1. The average Bonchev–Trinajstić information content (AvgIpc) is 2.78. The molecule has 0 saturated carbocycles. The lowest BCUT2D eigenvalue weighted by Crippen LogP contribution is -2.27. The fourth-order valence-electron chi connectivity index (χ4n) is 3.95. The van der Waals surface area contributed by atoms with E-state index in [2.05, 4.69) is 40.4 Å². The summed E-state index contributed by atoms with van der Waals surface area (Å²) in [4.78, 5) is 2.76. The second-order valence-electron chi connectivity index (χ2n) is 8.68. The zero-order valence-electron chi connectivity index (χ0n) is 21.3. The van der Waals surface area contributed by atoms with Gasteiger partial charge in [0.1, 0.15) is 0 Å². The molecule has 0 aliphatic rings. The van der Waals surface area contributed by atoms with E-state index in [1.807, 2.05) is 20.8 Å². The molecule has 0 amide bonds. The molecule has 0 saturated heterocycles. The van der Waals surface area contributed by atoms with Crippen LogP contribution in [0.2, 0.25) is 0 Å². The lowest BCUT2D eigenvalue weighted by molar-refractivity contribution is 0.254. The minimum atomic E-state index is 1.08. The monoisotopic (exact) mass is 425 g/mol. The molecule has 0 aliphatic carbocycles. The Morgan fingerprint density at radius 2 is 0.613 bits per heavy atom. The van der Waals surface area contributed by atoms with Crippen molar-refractivity contribution in [3.63, 3.8) is 0 Å². The van der Waals surface area contributed by atoms with E-state index in [1.165, 1.54) is 116 Å². The van der Waals surface area contributed by atoms with E-state index < -0.39 is 0 Å². The Morgan fingerprint density at radius 3 is 0.903 bits per heavy atom. The SMILES string of the molecule is CC#CCCCCCCCN(CCCCCCCC#CC)CCCCCCCC#CC. The minimum Gasteiger partial charge on any atom is -0.303 e. The molecule has 0 heterocycles. The van der Waals surface area contributed by atoms with Gasteiger partial charge in [-0.15, -0.1) is 35.5 Å². The molecule has 1 heteroatoms. The summed E-state index contributed by atoms with van der Waals surface area (Å²) < 4.78 is 0. The van der Waals surface area contributed by atoms with Crippen LogP contribution in [0.4, 0.5) is 0 Å². The molecule has 0 aromatic carbocycles. The standard InChI is InChI=1S/C30H51N/c1-4-7-10-13-16-19-22-25-28-31(29-26-23-20-17-14-11-8-5-2)30-27-24-21-18-15-12-9-6-3/h10-30H2,1-3H3. The van der Waals surface area contributed by atoms with Gasteiger partial charge < -0.3 is 4.90 Å². The maximum absolute atomic E-state index is 3.18. The van der Waals surface area contributed by atoms with E-state index in [4.69, 9.17) is 0 Å². The van der Waals surface area contributed by atoms with E-state index in [-0.39, 0.29) is 0 Å². The van der Waals surface area contributed by atoms with Crippen molar-refractivity contribution in [2.45, 2.75) is 136 Å². The lowest BCUT2D eigenvalue weighted by Gasteiger charge is -2.22. The van der Waals surface area contributed by atoms with E-state index in [9.17, 15) is 0 Å². The van der Waals surface area contributed by atoms with E-state index in [0.29, 0.717) is 0 Å². The van der Waals surface area contributed by atoms with Crippen molar-refractivity contribution in [1.29, 1.82) is 0 Å². The van der Waals surface area contributed by atoms with Gasteiger partial charge in [0.25, 0.3) is 0 Å². The van der Waals surface area contributed by atoms with Crippen molar-refractivity contribution < 1.29 is 0 Å². The zero-order valence-corrected chi connectivity index (χ0v) is 21.3. The van der Waals surface area contributed by atoms with Crippen LogP contribution in [0.1, 0.15) is 136 Å². The topological polar surface area (TPSA) is 3.24 Å². The normalized spacial score (nSPS) is 10.1. The van der Waals surface area contributed by atoms with E-state index in [0.717, 1.165) is 19.3 Å². The molecule has 0 aromatic heterocycles. The van der Waals surface area contributed by atoms with Crippen molar-refractivity contribution in [1.82, 2.24) is 4.90 Å². The molecule has 1 nitrogen and oxygen atoms in total. The summed E-state index contributed by atoms with van der Waals surface area (Å²) >= 11 is 0. The van der Waals surface area contributed by atoms with Crippen LogP contribution in [-0.4, -0.2) is 24.5 Å². The van der Waals surface area contributed by atoms with Gasteiger partial charge in [0.2, 0.25) is 0 Å². The average molecular weight is 426 g/mol. The molecule has 0 rings (SSSR count). The van der Waals surface area contributed by atoms with Gasteiger partial charge in [-0.2, -0.15) is 0 Å². The van der Waals surface area contributed by atoms with Crippen LogP contribution in [0.3, 0.4) is 0 Å². The highest BCUT2D eigenvalue weighted by atomic mass is 15.1. The van der Waals surface area contributed by atoms with Crippen LogP contribution in [0.25, 0.3) is 0 Å². The summed E-state index contributed by atoms with van der Waals surface area (Å²) in [7, 11) is 0. The van der Waals surface area contributed by atoms with Crippen LogP contribution >= 0.6 is 0 Å². The molecule has 0 fully saturated rings. The van der Waals surface area contributed by atoms with Crippen LogP contribution in [0.5, 0.6) is 0 Å². The second-order valence-corrected chi connectivity index (χ2v) is 8.68. The van der Waals surface area contributed by atoms with Gasteiger partial charge >= 0.3 is 0 Å². The summed E-state index contributed by atoms with van der Waals surface area (Å²) in [6.45, 7) is 9.72. The van der Waals surface area contributed by atoms with Crippen LogP contribution in [0.15, 0.2) is 0 Å². The summed E-state index contributed by atoms with van der Waals surface area (Å²) in [6.07, 6.45) is 23.5. The largest absolute Gasteiger partial charge is 0.303 e. The summed E-state index contributed by atoms with van der Waals surface area (Å²) in [6, 6.07) is 0. The Balaban J connectivity index is 3.92. The Morgan fingerprint density at radius 1 is 0.355 bits per heavy atom. The van der Waals surface area contributed by atoms with Gasteiger partial charge in [-0.3, -0.25) is 0 Å². The predicted octanol–water partition coefficient (Wildman–Crippen LogP) is 8.38. The lowest BCUT2D eigenvalue weighted by atomic mass is 10.1. The van der Waals surface area contributed by atoms with Crippen molar-refractivity contribution in [3.05, 3.63) is 0 Å². The van der Waals surface area contributed by atoms with Crippen LogP contribution < -0.4 is 0 Å². The Hall–Kier alpha value is -1.36. The fraction of sp³-hybridized carbons (Fsp3) is 0.800. The first-order valence-electron chi connectivity index (χ1n) is 13.3. The van der Waals surface area contributed by atoms with Gasteiger partial charge in [-0.1, -0.05) is 57.8 Å². The highest BCUT2D eigenvalue weighted by molar-refractivity contribution is 4.95. The number of rotatable bonds is 21. The Bertz CT molecular complexity index is 461.